The monoisotopic (exact) mass is 422 g/mol. The lowest BCUT2D eigenvalue weighted by molar-refractivity contribution is -0.123. The fourth-order valence-electron chi connectivity index (χ4n) is 2.63. The number of carbonyl (C=O) groups is 1. The Labute approximate surface area is 171 Å². The fourth-order valence-corrected chi connectivity index (χ4v) is 3.14. The van der Waals surface area contributed by atoms with Crippen LogP contribution in [-0.4, -0.2) is 48.5 Å². The van der Waals surface area contributed by atoms with E-state index in [1.165, 1.54) is 7.05 Å². The first-order chi connectivity index (χ1) is 13.7. The highest BCUT2D eigenvalue weighted by molar-refractivity contribution is 7.92. The normalized spacial score (nSPS) is 12.0. The Bertz CT molecular complexity index is 944. The number of hydrogen-bond acceptors (Lipinski definition) is 6. The molecular formula is C20H26N2O6S. The Morgan fingerprint density at radius 3 is 2.24 bits per heavy atom. The van der Waals surface area contributed by atoms with Crippen LogP contribution in [0.2, 0.25) is 0 Å². The van der Waals surface area contributed by atoms with Crippen LogP contribution in [0, 0.1) is 0 Å². The zero-order valence-corrected chi connectivity index (χ0v) is 17.9. The second-order valence-corrected chi connectivity index (χ2v) is 8.42. The van der Waals surface area contributed by atoms with Gasteiger partial charge in [-0.05, 0) is 49.4 Å². The van der Waals surface area contributed by atoms with Crippen LogP contribution in [-0.2, 0) is 14.8 Å². The van der Waals surface area contributed by atoms with Crippen LogP contribution in [0.25, 0.3) is 0 Å². The third-order valence-corrected chi connectivity index (χ3v) is 5.55. The van der Waals surface area contributed by atoms with E-state index >= 15 is 0 Å². The van der Waals surface area contributed by atoms with Crippen LogP contribution < -0.4 is 23.8 Å². The van der Waals surface area contributed by atoms with Gasteiger partial charge in [-0.3, -0.25) is 9.10 Å². The van der Waals surface area contributed by atoms with Crippen molar-refractivity contribution >= 4 is 21.6 Å². The highest BCUT2D eigenvalue weighted by Crippen LogP contribution is 2.29. The lowest BCUT2D eigenvalue weighted by atomic mass is 10.1. The summed E-state index contributed by atoms with van der Waals surface area (Å²) in [4.78, 5) is 12.3. The van der Waals surface area contributed by atoms with Crippen molar-refractivity contribution < 1.29 is 27.4 Å². The van der Waals surface area contributed by atoms with Crippen molar-refractivity contribution in [2.75, 3.05) is 38.4 Å². The van der Waals surface area contributed by atoms with Gasteiger partial charge in [-0.2, -0.15) is 0 Å². The molecule has 158 valence electrons. The summed E-state index contributed by atoms with van der Waals surface area (Å²) < 4.78 is 40.3. The lowest BCUT2D eigenvalue weighted by Gasteiger charge is -2.19. The fraction of sp³-hybridized carbons (Fsp3) is 0.350. The number of carbonyl (C=O) groups excluding carboxylic acids is 1. The first-order valence-corrected chi connectivity index (χ1v) is 10.7. The van der Waals surface area contributed by atoms with E-state index in [1.807, 2.05) is 13.0 Å². The predicted octanol–water partition coefficient (Wildman–Crippen LogP) is 2.36. The standard InChI is InChI=1S/C20H26N2O6S/c1-14(18-12-17(26-3)10-11-19(18)27-4)21-20(23)13-28-16-8-6-15(7-9-16)22(2)29(5,24)25/h6-12,14H,13H2,1-5H3,(H,21,23)/t14-/m0/s1. The maximum absolute atomic E-state index is 12.3. The van der Waals surface area contributed by atoms with Crippen LogP contribution >= 0.6 is 0 Å². The van der Waals surface area contributed by atoms with Crippen molar-refractivity contribution in [2.24, 2.45) is 0 Å². The SMILES string of the molecule is COc1ccc(OC)c([C@H](C)NC(=O)COc2ccc(N(C)S(C)(=O)=O)cc2)c1. The molecule has 1 amide bonds. The van der Waals surface area contributed by atoms with Crippen LogP contribution in [0.15, 0.2) is 42.5 Å². The molecule has 1 N–H and O–H groups in total. The second-order valence-electron chi connectivity index (χ2n) is 6.41. The van der Waals surface area contributed by atoms with Crippen LogP contribution in [0.4, 0.5) is 5.69 Å². The molecule has 2 aromatic rings. The molecule has 0 heterocycles. The van der Waals surface area contributed by atoms with Crippen LogP contribution in [0.5, 0.6) is 17.2 Å². The third-order valence-electron chi connectivity index (χ3n) is 4.35. The van der Waals surface area contributed by atoms with Crippen molar-refractivity contribution in [1.29, 1.82) is 0 Å². The number of benzene rings is 2. The van der Waals surface area contributed by atoms with Gasteiger partial charge in [0.1, 0.15) is 17.2 Å². The summed E-state index contributed by atoms with van der Waals surface area (Å²) in [5.41, 5.74) is 1.29. The molecule has 0 fully saturated rings. The molecule has 0 unspecified atom stereocenters. The van der Waals surface area contributed by atoms with Crippen molar-refractivity contribution in [3.63, 3.8) is 0 Å². The number of methoxy groups -OCH3 is 2. The molecule has 29 heavy (non-hydrogen) atoms. The highest BCUT2D eigenvalue weighted by atomic mass is 32.2. The van der Waals surface area contributed by atoms with Gasteiger partial charge in [-0.25, -0.2) is 8.42 Å². The average molecular weight is 423 g/mol. The summed E-state index contributed by atoms with van der Waals surface area (Å²) in [5, 5.41) is 2.85. The lowest BCUT2D eigenvalue weighted by Crippen LogP contribution is -2.31. The van der Waals surface area contributed by atoms with Gasteiger partial charge in [0, 0.05) is 12.6 Å². The summed E-state index contributed by atoms with van der Waals surface area (Å²) in [6.45, 7) is 1.66. The quantitative estimate of drug-likeness (QED) is 0.667. The zero-order chi connectivity index (χ0) is 21.6. The topological polar surface area (TPSA) is 94.2 Å². The van der Waals surface area contributed by atoms with Crippen molar-refractivity contribution in [3.8, 4) is 17.2 Å². The molecule has 0 spiro atoms. The molecule has 0 aliphatic heterocycles. The van der Waals surface area contributed by atoms with Gasteiger partial charge in [0.15, 0.2) is 6.61 Å². The maximum atomic E-state index is 12.3. The molecule has 8 nitrogen and oxygen atoms in total. The number of hydrogen-bond donors (Lipinski definition) is 1. The molecule has 1 atom stereocenters. The molecular weight excluding hydrogens is 396 g/mol. The van der Waals surface area contributed by atoms with Crippen molar-refractivity contribution in [3.05, 3.63) is 48.0 Å². The van der Waals surface area contributed by atoms with Gasteiger partial charge in [0.25, 0.3) is 5.91 Å². The number of nitrogens with zero attached hydrogens (tertiary/aromatic N) is 1. The minimum absolute atomic E-state index is 0.183. The van der Waals surface area contributed by atoms with E-state index in [2.05, 4.69) is 5.32 Å². The van der Waals surface area contributed by atoms with E-state index in [9.17, 15) is 13.2 Å². The first-order valence-electron chi connectivity index (χ1n) is 8.83. The summed E-state index contributed by atoms with van der Waals surface area (Å²) in [6, 6.07) is 11.5. The summed E-state index contributed by atoms with van der Waals surface area (Å²) in [5.74, 6) is 1.46. The van der Waals surface area contributed by atoms with Crippen LogP contribution in [0.3, 0.4) is 0 Å². The average Bonchev–Trinajstić information content (AvgIpc) is 2.70. The van der Waals surface area contributed by atoms with Gasteiger partial charge in [0.2, 0.25) is 10.0 Å². The Kier molecular flexibility index (Phi) is 7.33. The maximum Gasteiger partial charge on any atom is 0.258 e. The number of sulfonamides is 1. The van der Waals surface area contributed by atoms with E-state index in [-0.39, 0.29) is 18.6 Å². The van der Waals surface area contributed by atoms with Crippen molar-refractivity contribution in [1.82, 2.24) is 5.32 Å². The van der Waals surface area contributed by atoms with Crippen LogP contribution in [0.1, 0.15) is 18.5 Å². The Hall–Kier alpha value is -2.94. The van der Waals surface area contributed by atoms with E-state index in [1.54, 1.807) is 50.6 Å². The molecule has 0 saturated carbocycles. The Morgan fingerprint density at radius 2 is 1.69 bits per heavy atom. The number of ether oxygens (including phenoxy) is 3. The highest BCUT2D eigenvalue weighted by Gasteiger charge is 2.16. The number of rotatable bonds is 9. The molecule has 9 heteroatoms. The molecule has 0 aliphatic carbocycles. The molecule has 2 rings (SSSR count). The minimum Gasteiger partial charge on any atom is -0.497 e. The van der Waals surface area contributed by atoms with E-state index < -0.39 is 10.0 Å². The molecule has 2 aromatic carbocycles. The van der Waals surface area contributed by atoms with Gasteiger partial charge in [0.05, 0.1) is 32.2 Å². The predicted molar refractivity (Wildman–Crippen MR) is 111 cm³/mol. The first kappa shape index (κ1) is 22.4. The molecule has 0 saturated heterocycles. The molecule has 0 radical (unpaired) electrons. The summed E-state index contributed by atoms with van der Waals surface area (Å²) in [6.07, 6.45) is 1.13. The van der Waals surface area contributed by atoms with Gasteiger partial charge in [-0.1, -0.05) is 0 Å². The number of nitrogens with one attached hydrogen (secondary N) is 1. The van der Waals surface area contributed by atoms with E-state index in [4.69, 9.17) is 14.2 Å². The Morgan fingerprint density at radius 1 is 1.07 bits per heavy atom. The number of amides is 1. The minimum atomic E-state index is -3.34. The molecule has 0 bridgehead atoms. The third kappa shape index (κ3) is 6.02. The van der Waals surface area contributed by atoms with E-state index in [0.29, 0.717) is 22.9 Å². The Balaban J connectivity index is 1.96. The van der Waals surface area contributed by atoms with Crippen molar-refractivity contribution in [2.45, 2.75) is 13.0 Å². The summed E-state index contributed by atoms with van der Waals surface area (Å²) in [7, 11) is 1.26. The largest absolute Gasteiger partial charge is 0.497 e. The summed E-state index contributed by atoms with van der Waals surface area (Å²) >= 11 is 0. The van der Waals surface area contributed by atoms with Gasteiger partial charge in [-0.15, -0.1) is 0 Å². The van der Waals surface area contributed by atoms with Gasteiger partial charge >= 0.3 is 0 Å². The van der Waals surface area contributed by atoms with Gasteiger partial charge < -0.3 is 19.5 Å². The smallest absolute Gasteiger partial charge is 0.258 e. The zero-order valence-electron chi connectivity index (χ0n) is 17.1. The second kappa shape index (κ2) is 9.51. The molecule has 0 aromatic heterocycles. The molecule has 0 aliphatic rings. The number of anilines is 1. The van der Waals surface area contributed by atoms with E-state index in [0.717, 1.165) is 16.1 Å².